The molecule has 0 fully saturated rings. The molecule has 0 amide bonds. The van der Waals surface area contributed by atoms with Gasteiger partial charge >= 0.3 is 0 Å². The lowest BCUT2D eigenvalue weighted by Gasteiger charge is -2.10. The number of benzene rings is 2. The molecule has 0 saturated carbocycles. The monoisotopic (exact) mass is 379 g/mol. The summed E-state index contributed by atoms with van der Waals surface area (Å²) in [5, 5.41) is 7.80. The van der Waals surface area contributed by atoms with Gasteiger partial charge in [-0.25, -0.2) is 13.4 Å². The molecule has 2 aromatic carbocycles. The minimum atomic E-state index is -3.32. The zero-order chi connectivity index (χ0) is 19.2. The van der Waals surface area contributed by atoms with Crippen molar-refractivity contribution in [2.75, 3.05) is 17.7 Å². The van der Waals surface area contributed by atoms with E-state index in [-0.39, 0.29) is 4.90 Å². The molecule has 136 valence electrons. The fraction of sp³-hybridized carbons (Fsp3) is 0.0526. The molecule has 0 atom stereocenters. The number of aromatic amines is 1. The molecule has 0 saturated heterocycles. The minimum absolute atomic E-state index is 0.249. The van der Waals surface area contributed by atoms with E-state index < -0.39 is 9.84 Å². The van der Waals surface area contributed by atoms with E-state index >= 15 is 0 Å². The van der Waals surface area contributed by atoms with Crippen molar-refractivity contribution in [3.8, 4) is 22.3 Å². The number of rotatable bonds is 3. The van der Waals surface area contributed by atoms with Crippen molar-refractivity contribution in [1.29, 1.82) is 0 Å². The molecule has 7 nitrogen and oxygen atoms in total. The van der Waals surface area contributed by atoms with Crippen molar-refractivity contribution in [3.63, 3.8) is 0 Å². The van der Waals surface area contributed by atoms with Crippen molar-refractivity contribution in [3.05, 3.63) is 54.7 Å². The molecule has 5 N–H and O–H groups in total. The smallest absolute Gasteiger partial charge is 0.175 e. The van der Waals surface area contributed by atoms with Crippen LogP contribution in [0.3, 0.4) is 0 Å². The topological polar surface area (TPSA) is 128 Å². The number of anilines is 2. The highest BCUT2D eigenvalue weighted by Gasteiger charge is 2.15. The first-order valence-corrected chi connectivity index (χ1v) is 10.0. The number of nitrogens with two attached hydrogens (primary N) is 2. The quantitative estimate of drug-likeness (QED) is 0.502. The van der Waals surface area contributed by atoms with Crippen molar-refractivity contribution in [2.45, 2.75) is 4.90 Å². The molecule has 0 aliphatic carbocycles. The van der Waals surface area contributed by atoms with Crippen LogP contribution in [-0.4, -0.2) is 29.9 Å². The Kier molecular flexibility index (Phi) is 3.85. The van der Waals surface area contributed by atoms with E-state index in [0.717, 1.165) is 33.2 Å². The molecule has 0 spiro atoms. The summed E-state index contributed by atoms with van der Waals surface area (Å²) in [7, 11) is -3.32. The van der Waals surface area contributed by atoms with Crippen molar-refractivity contribution in [1.82, 2.24) is 15.2 Å². The summed E-state index contributed by atoms with van der Waals surface area (Å²) in [5.74, 6) is 0.780. The Morgan fingerprint density at radius 1 is 0.963 bits per heavy atom. The summed E-state index contributed by atoms with van der Waals surface area (Å²) in [6.07, 6.45) is 2.82. The maximum Gasteiger partial charge on any atom is 0.175 e. The van der Waals surface area contributed by atoms with E-state index in [2.05, 4.69) is 15.2 Å². The number of fused-ring (bicyclic) bond motifs is 1. The highest BCUT2D eigenvalue weighted by molar-refractivity contribution is 7.90. The molecule has 0 unspecified atom stereocenters. The number of aromatic nitrogens is 3. The summed E-state index contributed by atoms with van der Waals surface area (Å²) in [6, 6.07) is 14.3. The van der Waals surface area contributed by atoms with Crippen LogP contribution < -0.4 is 11.5 Å². The molecule has 27 heavy (non-hydrogen) atoms. The Morgan fingerprint density at radius 3 is 2.52 bits per heavy atom. The van der Waals surface area contributed by atoms with Crippen LogP contribution in [0.5, 0.6) is 0 Å². The Hall–Kier alpha value is -3.39. The van der Waals surface area contributed by atoms with E-state index in [1.807, 2.05) is 24.3 Å². The highest BCUT2D eigenvalue weighted by Crippen LogP contribution is 2.36. The fourth-order valence-corrected chi connectivity index (χ4v) is 3.72. The zero-order valence-corrected chi connectivity index (χ0v) is 15.3. The highest BCUT2D eigenvalue weighted by atomic mass is 32.2. The van der Waals surface area contributed by atoms with Gasteiger partial charge in [0.15, 0.2) is 15.7 Å². The van der Waals surface area contributed by atoms with E-state index in [1.165, 1.54) is 6.26 Å². The zero-order valence-electron chi connectivity index (χ0n) is 14.5. The fourth-order valence-electron chi connectivity index (χ4n) is 3.06. The number of sulfone groups is 1. The first-order chi connectivity index (χ1) is 12.8. The maximum absolute atomic E-state index is 11.9. The SMILES string of the molecule is CS(=O)(=O)c1cccc(-c2cc(-c3ccnc(N)c3)cc3c(N)n[nH]c23)c1. The second-order valence-corrected chi connectivity index (χ2v) is 8.34. The molecule has 0 aliphatic rings. The standard InChI is InChI=1S/C19H17N5O2S/c1-27(25,26)14-4-2-3-12(7-14)15-8-13(11-5-6-22-17(20)10-11)9-16-18(15)23-24-19(16)21/h2-10H,1H3,(H2,20,22)(H3,21,23,24). The number of nitrogen functional groups attached to an aromatic ring is 2. The molecule has 4 rings (SSSR count). The van der Waals surface area contributed by atoms with Crippen LogP contribution in [-0.2, 0) is 9.84 Å². The number of nitrogens with zero attached hydrogens (tertiary/aromatic N) is 2. The van der Waals surface area contributed by atoms with Gasteiger partial charge in [-0.3, -0.25) is 5.10 Å². The Morgan fingerprint density at radius 2 is 1.78 bits per heavy atom. The van der Waals surface area contributed by atoms with Gasteiger partial charge in [-0.1, -0.05) is 12.1 Å². The van der Waals surface area contributed by atoms with Crippen LogP contribution >= 0.6 is 0 Å². The van der Waals surface area contributed by atoms with Gasteiger partial charge in [0.1, 0.15) is 5.82 Å². The number of hydrogen-bond donors (Lipinski definition) is 3. The molecular weight excluding hydrogens is 362 g/mol. The Bertz CT molecular complexity index is 1280. The van der Waals surface area contributed by atoms with Crippen molar-refractivity contribution in [2.24, 2.45) is 0 Å². The summed E-state index contributed by atoms with van der Waals surface area (Å²) < 4.78 is 23.9. The first-order valence-electron chi connectivity index (χ1n) is 8.13. The average Bonchev–Trinajstić information content (AvgIpc) is 3.01. The summed E-state index contributed by atoms with van der Waals surface area (Å²) in [4.78, 5) is 4.27. The lowest BCUT2D eigenvalue weighted by molar-refractivity contribution is 0.602. The number of hydrogen-bond acceptors (Lipinski definition) is 6. The Balaban J connectivity index is 2.01. The van der Waals surface area contributed by atoms with Crippen LogP contribution in [0.4, 0.5) is 11.6 Å². The Labute approximate surface area is 156 Å². The lowest BCUT2D eigenvalue weighted by Crippen LogP contribution is -1.97. The third kappa shape index (κ3) is 3.11. The van der Waals surface area contributed by atoms with Gasteiger partial charge in [0, 0.05) is 23.4 Å². The predicted octanol–water partition coefficient (Wildman–Crippen LogP) is 2.86. The van der Waals surface area contributed by atoms with E-state index in [0.29, 0.717) is 11.6 Å². The average molecular weight is 379 g/mol. The minimum Gasteiger partial charge on any atom is -0.384 e. The molecule has 2 aromatic heterocycles. The van der Waals surface area contributed by atoms with Gasteiger partial charge < -0.3 is 11.5 Å². The molecule has 2 heterocycles. The summed E-state index contributed by atoms with van der Waals surface area (Å²) >= 11 is 0. The molecule has 0 radical (unpaired) electrons. The number of nitrogens with one attached hydrogen (secondary N) is 1. The third-order valence-corrected chi connectivity index (χ3v) is 5.50. The third-order valence-electron chi connectivity index (χ3n) is 4.39. The second kappa shape index (κ2) is 6.10. The largest absolute Gasteiger partial charge is 0.384 e. The van der Waals surface area contributed by atoms with E-state index in [1.54, 1.807) is 30.5 Å². The van der Waals surface area contributed by atoms with Crippen LogP contribution in [0.2, 0.25) is 0 Å². The van der Waals surface area contributed by atoms with Crippen LogP contribution in [0.15, 0.2) is 59.6 Å². The first kappa shape index (κ1) is 17.0. The predicted molar refractivity (Wildman–Crippen MR) is 107 cm³/mol. The van der Waals surface area contributed by atoms with Crippen molar-refractivity contribution >= 4 is 32.4 Å². The summed E-state index contributed by atoms with van der Waals surface area (Å²) in [6.45, 7) is 0. The van der Waals surface area contributed by atoms with Gasteiger partial charge in [0.25, 0.3) is 0 Å². The van der Waals surface area contributed by atoms with E-state index in [9.17, 15) is 8.42 Å². The second-order valence-electron chi connectivity index (χ2n) is 6.32. The molecule has 0 aliphatic heterocycles. The van der Waals surface area contributed by atoms with Crippen LogP contribution in [0.25, 0.3) is 33.2 Å². The molecule has 0 bridgehead atoms. The van der Waals surface area contributed by atoms with Crippen LogP contribution in [0.1, 0.15) is 0 Å². The van der Waals surface area contributed by atoms with Gasteiger partial charge in [-0.15, -0.1) is 0 Å². The molecule has 4 aromatic rings. The molecular formula is C19H17N5O2S. The van der Waals surface area contributed by atoms with Gasteiger partial charge in [0.05, 0.1) is 10.4 Å². The molecule has 8 heteroatoms. The van der Waals surface area contributed by atoms with Gasteiger partial charge in [0.2, 0.25) is 0 Å². The maximum atomic E-state index is 11.9. The van der Waals surface area contributed by atoms with E-state index in [4.69, 9.17) is 11.5 Å². The van der Waals surface area contributed by atoms with Crippen molar-refractivity contribution < 1.29 is 8.42 Å². The summed E-state index contributed by atoms with van der Waals surface area (Å²) in [5.41, 5.74) is 15.9. The number of pyridine rings is 1. The lowest BCUT2D eigenvalue weighted by atomic mass is 9.96. The van der Waals surface area contributed by atoms with Crippen LogP contribution in [0, 0.1) is 0 Å². The normalized spacial score (nSPS) is 11.7. The van der Waals surface area contributed by atoms with Gasteiger partial charge in [-0.05, 0) is 53.1 Å². The number of H-pyrrole nitrogens is 1. The van der Waals surface area contributed by atoms with Gasteiger partial charge in [-0.2, -0.15) is 5.10 Å².